The van der Waals surface area contributed by atoms with Crippen LogP contribution >= 0.6 is 11.3 Å². The molecule has 0 radical (unpaired) electrons. The van der Waals surface area contributed by atoms with Crippen LogP contribution in [0, 0.1) is 5.92 Å². The summed E-state index contributed by atoms with van der Waals surface area (Å²) in [6.07, 6.45) is 2.29. The zero-order valence-electron chi connectivity index (χ0n) is 18.1. The van der Waals surface area contributed by atoms with Crippen LogP contribution < -0.4 is 24.4 Å². The number of carbonyl (C=O) groups excluding carboxylic acids is 1. The summed E-state index contributed by atoms with van der Waals surface area (Å²) in [5.74, 6) is 1.92. The van der Waals surface area contributed by atoms with Gasteiger partial charge >= 0.3 is 0 Å². The lowest BCUT2D eigenvalue weighted by atomic mass is 10.00. The molecule has 0 saturated carbocycles. The van der Waals surface area contributed by atoms with E-state index in [2.05, 4.69) is 27.3 Å². The van der Waals surface area contributed by atoms with E-state index in [4.69, 9.17) is 14.2 Å². The van der Waals surface area contributed by atoms with Gasteiger partial charge in [-0.1, -0.05) is 18.3 Å². The Bertz CT molecular complexity index is 822. The molecule has 30 heavy (non-hydrogen) atoms. The molecule has 1 aliphatic heterocycles. The fourth-order valence-corrected chi connectivity index (χ4v) is 4.07. The number of aromatic nitrogens is 2. The molecular weight excluding hydrogens is 404 g/mol. The van der Waals surface area contributed by atoms with Crippen molar-refractivity contribution in [3.05, 3.63) is 17.7 Å². The van der Waals surface area contributed by atoms with Gasteiger partial charge in [-0.2, -0.15) is 0 Å². The average Bonchev–Trinajstić information content (AvgIpc) is 3.19. The summed E-state index contributed by atoms with van der Waals surface area (Å²) in [7, 11) is 0. The fraction of sp³-hybridized carbons (Fsp3) is 0.571. The van der Waals surface area contributed by atoms with Gasteiger partial charge < -0.3 is 19.1 Å². The molecule has 164 valence electrons. The Morgan fingerprint density at radius 2 is 1.67 bits per heavy atom. The third-order valence-corrected chi connectivity index (χ3v) is 5.76. The number of nitrogens with one attached hydrogen (secondary N) is 1. The number of benzene rings is 1. The second kappa shape index (κ2) is 10.5. The lowest BCUT2D eigenvalue weighted by Gasteiger charge is -2.29. The number of anilines is 2. The van der Waals surface area contributed by atoms with Crippen LogP contribution in [0.25, 0.3) is 0 Å². The minimum Gasteiger partial charge on any atom is -0.490 e. The van der Waals surface area contributed by atoms with E-state index in [-0.39, 0.29) is 5.91 Å². The van der Waals surface area contributed by atoms with E-state index >= 15 is 0 Å². The normalized spacial score (nSPS) is 14.5. The van der Waals surface area contributed by atoms with Gasteiger partial charge in [0.15, 0.2) is 11.5 Å². The van der Waals surface area contributed by atoms with E-state index in [0.29, 0.717) is 47.8 Å². The largest absolute Gasteiger partial charge is 0.490 e. The number of piperidine rings is 1. The van der Waals surface area contributed by atoms with Gasteiger partial charge in [0.1, 0.15) is 0 Å². The lowest BCUT2D eigenvalue weighted by Crippen LogP contribution is -2.32. The van der Waals surface area contributed by atoms with Crippen molar-refractivity contribution in [2.24, 2.45) is 5.92 Å². The van der Waals surface area contributed by atoms with Gasteiger partial charge in [0, 0.05) is 18.7 Å². The van der Waals surface area contributed by atoms with Crippen LogP contribution in [-0.4, -0.2) is 49.0 Å². The summed E-state index contributed by atoms with van der Waals surface area (Å²) in [5, 5.41) is 12.6. The molecule has 1 saturated heterocycles. The predicted molar refractivity (Wildman–Crippen MR) is 118 cm³/mol. The van der Waals surface area contributed by atoms with Crippen LogP contribution in [0.1, 0.15) is 50.9 Å². The standard InChI is InChI=1S/C21H30N4O4S/c1-5-27-16-12-15(13-17(28-6-2)18(16)29-7-3)19(26)22-20-23-24-21(30-20)25-10-8-14(4)9-11-25/h12-14H,5-11H2,1-4H3,(H,22,23,26). The van der Waals surface area contributed by atoms with Crippen molar-refractivity contribution < 1.29 is 19.0 Å². The quantitative estimate of drug-likeness (QED) is 0.632. The van der Waals surface area contributed by atoms with E-state index in [1.807, 2.05) is 20.8 Å². The number of hydrogen-bond donors (Lipinski definition) is 1. The molecule has 1 aromatic carbocycles. The highest BCUT2D eigenvalue weighted by molar-refractivity contribution is 7.19. The summed E-state index contributed by atoms with van der Waals surface area (Å²) < 4.78 is 17.1. The third kappa shape index (κ3) is 5.33. The van der Waals surface area contributed by atoms with Crippen molar-refractivity contribution in [3.63, 3.8) is 0 Å². The molecule has 2 aromatic rings. The van der Waals surface area contributed by atoms with Gasteiger partial charge in [-0.25, -0.2) is 0 Å². The Hall–Kier alpha value is -2.55. The summed E-state index contributed by atoms with van der Waals surface area (Å²) >= 11 is 1.39. The molecule has 3 rings (SSSR count). The van der Waals surface area contributed by atoms with Gasteiger partial charge in [0.2, 0.25) is 16.0 Å². The van der Waals surface area contributed by atoms with Crippen molar-refractivity contribution in [1.29, 1.82) is 0 Å². The molecule has 2 heterocycles. The molecular formula is C21H30N4O4S. The van der Waals surface area contributed by atoms with E-state index in [9.17, 15) is 4.79 Å². The van der Waals surface area contributed by atoms with Crippen LogP contribution in [0.15, 0.2) is 12.1 Å². The summed E-state index contributed by atoms with van der Waals surface area (Å²) in [6.45, 7) is 11.2. The molecule has 0 unspecified atom stereocenters. The molecule has 1 aliphatic rings. The first-order valence-electron chi connectivity index (χ1n) is 10.5. The second-order valence-corrected chi connectivity index (χ2v) is 8.07. The maximum absolute atomic E-state index is 12.9. The second-order valence-electron chi connectivity index (χ2n) is 7.11. The Morgan fingerprint density at radius 1 is 1.07 bits per heavy atom. The van der Waals surface area contributed by atoms with E-state index in [1.165, 1.54) is 11.3 Å². The van der Waals surface area contributed by atoms with Gasteiger partial charge in [-0.3, -0.25) is 10.1 Å². The first-order valence-corrected chi connectivity index (χ1v) is 11.3. The van der Waals surface area contributed by atoms with Crippen molar-refractivity contribution in [2.75, 3.05) is 43.1 Å². The van der Waals surface area contributed by atoms with Crippen LogP contribution in [0.3, 0.4) is 0 Å². The number of hydrogen-bond acceptors (Lipinski definition) is 8. The lowest BCUT2D eigenvalue weighted by molar-refractivity contribution is 0.102. The highest BCUT2D eigenvalue weighted by atomic mass is 32.1. The number of carbonyl (C=O) groups is 1. The highest BCUT2D eigenvalue weighted by Crippen LogP contribution is 2.39. The molecule has 0 spiro atoms. The van der Waals surface area contributed by atoms with Crippen molar-refractivity contribution in [2.45, 2.75) is 40.5 Å². The number of ether oxygens (including phenoxy) is 3. The Kier molecular flexibility index (Phi) is 7.73. The van der Waals surface area contributed by atoms with E-state index in [0.717, 1.165) is 37.0 Å². The van der Waals surface area contributed by atoms with Crippen LogP contribution in [0.4, 0.5) is 10.3 Å². The SMILES string of the molecule is CCOc1cc(C(=O)Nc2nnc(N3CCC(C)CC3)s2)cc(OCC)c1OCC. The molecule has 8 nitrogen and oxygen atoms in total. The predicted octanol–water partition coefficient (Wildman–Crippen LogP) is 4.22. The summed E-state index contributed by atoms with van der Waals surface area (Å²) in [4.78, 5) is 15.1. The molecule has 0 atom stereocenters. The third-order valence-electron chi connectivity index (χ3n) is 4.86. The van der Waals surface area contributed by atoms with Crippen LogP contribution in [0.2, 0.25) is 0 Å². The topological polar surface area (TPSA) is 85.8 Å². The van der Waals surface area contributed by atoms with Crippen LogP contribution in [-0.2, 0) is 0 Å². The zero-order valence-corrected chi connectivity index (χ0v) is 18.9. The first-order chi connectivity index (χ1) is 14.5. The number of rotatable bonds is 9. The van der Waals surface area contributed by atoms with Crippen LogP contribution in [0.5, 0.6) is 17.2 Å². The first kappa shape index (κ1) is 22.1. The summed E-state index contributed by atoms with van der Waals surface area (Å²) in [6, 6.07) is 3.33. The molecule has 1 N–H and O–H groups in total. The maximum atomic E-state index is 12.9. The van der Waals surface area contributed by atoms with Gasteiger partial charge in [-0.05, 0) is 51.7 Å². The zero-order chi connectivity index (χ0) is 21.5. The number of nitrogens with zero attached hydrogens (tertiary/aromatic N) is 3. The molecule has 1 amide bonds. The van der Waals surface area contributed by atoms with Gasteiger partial charge in [0.25, 0.3) is 5.91 Å². The van der Waals surface area contributed by atoms with E-state index < -0.39 is 0 Å². The molecule has 0 aliphatic carbocycles. The van der Waals surface area contributed by atoms with Gasteiger partial charge in [-0.15, -0.1) is 10.2 Å². The van der Waals surface area contributed by atoms with Crippen molar-refractivity contribution in [3.8, 4) is 17.2 Å². The molecule has 0 bridgehead atoms. The monoisotopic (exact) mass is 434 g/mol. The molecule has 1 aromatic heterocycles. The maximum Gasteiger partial charge on any atom is 0.257 e. The Balaban J connectivity index is 1.77. The van der Waals surface area contributed by atoms with Crippen molar-refractivity contribution in [1.82, 2.24) is 10.2 Å². The smallest absolute Gasteiger partial charge is 0.257 e. The van der Waals surface area contributed by atoms with Gasteiger partial charge in [0.05, 0.1) is 19.8 Å². The average molecular weight is 435 g/mol. The minimum absolute atomic E-state index is 0.296. The summed E-state index contributed by atoms with van der Waals surface area (Å²) in [5.41, 5.74) is 0.411. The highest BCUT2D eigenvalue weighted by Gasteiger charge is 2.22. The molecule has 1 fully saturated rings. The van der Waals surface area contributed by atoms with Crippen molar-refractivity contribution >= 4 is 27.5 Å². The number of amides is 1. The minimum atomic E-state index is -0.296. The fourth-order valence-electron chi connectivity index (χ4n) is 3.28. The Labute approximate surface area is 181 Å². The molecule has 9 heteroatoms. The van der Waals surface area contributed by atoms with E-state index in [1.54, 1.807) is 12.1 Å². The Morgan fingerprint density at radius 3 is 2.23 bits per heavy atom.